The predicted octanol–water partition coefficient (Wildman–Crippen LogP) is 2.67. The smallest absolute Gasteiger partial charge is 0.129 e. The second kappa shape index (κ2) is 4.69. The van der Waals surface area contributed by atoms with Crippen LogP contribution in [0.2, 0.25) is 0 Å². The molecule has 3 nitrogen and oxygen atoms in total. The lowest BCUT2D eigenvalue weighted by Gasteiger charge is -2.13. The Labute approximate surface area is 107 Å². The summed E-state index contributed by atoms with van der Waals surface area (Å²) in [5.41, 5.74) is 2.88. The molecule has 0 spiro atoms. The molecule has 1 aliphatic carbocycles. The van der Waals surface area contributed by atoms with Crippen LogP contribution in [0.4, 0.5) is 5.82 Å². The van der Waals surface area contributed by atoms with Crippen LogP contribution in [-0.2, 0) is 12.8 Å². The van der Waals surface area contributed by atoms with Crippen molar-refractivity contribution in [1.29, 1.82) is 0 Å². The molecule has 3 rings (SSSR count). The minimum atomic E-state index is 0.432. The summed E-state index contributed by atoms with van der Waals surface area (Å²) in [6, 6.07) is 12.8. The summed E-state index contributed by atoms with van der Waals surface area (Å²) in [6.07, 6.45) is 3.90. The van der Waals surface area contributed by atoms with Gasteiger partial charge >= 0.3 is 0 Å². The first-order chi connectivity index (χ1) is 8.85. The average Bonchev–Trinajstić information content (AvgIpc) is 2.81. The SMILES string of the molecule is COc1ccnc(NC2Cc3ccccc3C2)c1. The van der Waals surface area contributed by atoms with E-state index in [0.29, 0.717) is 6.04 Å². The lowest BCUT2D eigenvalue weighted by molar-refractivity contribution is 0.414. The molecule has 0 aliphatic heterocycles. The maximum absolute atomic E-state index is 5.20. The molecule has 0 unspecified atom stereocenters. The highest BCUT2D eigenvalue weighted by atomic mass is 16.5. The van der Waals surface area contributed by atoms with Crippen LogP contribution in [0.3, 0.4) is 0 Å². The van der Waals surface area contributed by atoms with Crippen molar-refractivity contribution >= 4 is 5.82 Å². The van der Waals surface area contributed by atoms with E-state index in [1.165, 1.54) is 11.1 Å². The third kappa shape index (κ3) is 2.16. The van der Waals surface area contributed by atoms with Crippen molar-refractivity contribution in [2.45, 2.75) is 18.9 Å². The van der Waals surface area contributed by atoms with Crippen molar-refractivity contribution in [2.75, 3.05) is 12.4 Å². The van der Waals surface area contributed by atoms with Gasteiger partial charge in [-0.3, -0.25) is 0 Å². The van der Waals surface area contributed by atoms with Crippen LogP contribution < -0.4 is 10.1 Å². The standard InChI is InChI=1S/C15H16N2O/c1-18-14-6-7-16-15(10-14)17-13-8-11-4-2-3-5-12(11)9-13/h2-7,10,13H,8-9H2,1H3,(H,16,17). The highest BCUT2D eigenvalue weighted by Crippen LogP contribution is 2.24. The van der Waals surface area contributed by atoms with Gasteiger partial charge in [0.15, 0.2) is 0 Å². The van der Waals surface area contributed by atoms with Gasteiger partial charge in [-0.05, 0) is 30.0 Å². The third-order valence-electron chi connectivity index (χ3n) is 3.37. The maximum atomic E-state index is 5.20. The molecule has 1 N–H and O–H groups in total. The molecule has 2 aromatic rings. The van der Waals surface area contributed by atoms with E-state index in [1.807, 2.05) is 12.1 Å². The first-order valence-electron chi connectivity index (χ1n) is 6.18. The molecule has 92 valence electrons. The Morgan fingerprint density at radius 3 is 2.56 bits per heavy atom. The number of aromatic nitrogens is 1. The van der Waals surface area contributed by atoms with Gasteiger partial charge in [-0.15, -0.1) is 0 Å². The van der Waals surface area contributed by atoms with E-state index in [2.05, 4.69) is 34.6 Å². The molecule has 0 amide bonds. The van der Waals surface area contributed by atoms with Gasteiger partial charge in [-0.1, -0.05) is 24.3 Å². The number of anilines is 1. The van der Waals surface area contributed by atoms with Crippen molar-refractivity contribution in [2.24, 2.45) is 0 Å². The van der Waals surface area contributed by atoms with Crippen LogP contribution in [0, 0.1) is 0 Å². The molecule has 0 radical (unpaired) electrons. The summed E-state index contributed by atoms with van der Waals surface area (Å²) >= 11 is 0. The van der Waals surface area contributed by atoms with Crippen LogP contribution in [-0.4, -0.2) is 18.1 Å². The number of nitrogens with one attached hydrogen (secondary N) is 1. The zero-order valence-corrected chi connectivity index (χ0v) is 10.4. The average molecular weight is 240 g/mol. The minimum absolute atomic E-state index is 0.432. The Morgan fingerprint density at radius 2 is 1.89 bits per heavy atom. The lowest BCUT2D eigenvalue weighted by atomic mass is 10.1. The Bertz CT molecular complexity index is 529. The fourth-order valence-electron chi connectivity index (χ4n) is 2.49. The highest BCUT2D eigenvalue weighted by molar-refractivity contribution is 5.44. The van der Waals surface area contributed by atoms with E-state index >= 15 is 0 Å². The highest BCUT2D eigenvalue weighted by Gasteiger charge is 2.20. The molecular weight excluding hydrogens is 224 g/mol. The summed E-state index contributed by atoms with van der Waals surface area (Å²) in [5.74, 6) is 1.72. The third-order valence-corrected chi connectivity index (χ3v) is 3.37. The number of pyridine rings is 1. The lowest BCUT2D eigenvalue weighted by Crippen LogP contribution is -2.20. The Morgan fingerprint density at radius 1 is 1.17 bits per heavy atom. The number of methoxy groups -OCH3 is 1. The number of fused-ring (bicyclic) bond motifs is 1. The van der Waals surface area contributed by atoms with E-state index < -0.39 is 0 Å². The Hall–Kier alpha value is -2.03. The second-order valence-corrected chi connectivity index (χ2v) is 4.60. The van der Waals surface area contributed by atoms with Gasteiger partial charge in [0.1, 0.15) is 11.6 Å². The number of nitrogens with zero attached hydrogens (tertiary/aromatic N) is 1. The summed E-state index contributed by atoms with van der Waals surface area (Å²) in [5, 5.41) is 3.47. The predicted molar refractivity (Wildman–Crippen MR) is 72.0 cm³/mol. The van der Waals surface area contributed by atoms with Gasteiger partial charge in [-0.25, -0.2) is 4.98 Å². The quantitative estimate of drug-likeness (QED) is 0.895. The second-order valence-electron chi connectivity index (χ2n) is 4.60. The minimum Gasteiger partial charge on any atom is -0.497 e. The Kier molecular flexibility index (Phi) is 2.89. The Balaban J connectivity index is 1.72. The zero-order valence-electron chi connectivity index (χ0n) is 10.4. The van der Waals surface area contributed by atoms with Crippen molar-refractivity contribution in [3.8, 4) is 5.75 Å². The fraction of sp³-hybridized carbons (Fsp3) is 0.267. The largest absolute Gasteiger partial charge is 0.497 e. The molecule has 18 heavy (non-hydrogen) atoms. The number of rotatable bonds is 3. The molecule has 1 aliphatic rings. The van der Waals surface area contributed by atoms with Gasteiger partial charge in [-0.2, -0.15) is 0 Å². The van der Waals surface area contributed by atoms with Crippen LogP contribution in [0.15, 0.2) is 42.6 Å². The van der Waals surface area contributed by atoms with Gasteiger partial charge < -0.3 is 10.1 Å². The maximum Gasteiger partial charge on any atom is 0.129 e. The first kappa shape index (κ1) is 11.1. The topological polar surface area (TPSA) is 34.1 Å². The molecule has 0 fully saturated rings. The van der Waals surface area contributed by atoms with Crippen molar-refractivity contribution in [1.82, 2.24) is 4.98 Å². The summed E-state index contributed by atoms with van der Waals surface area (Å²) in [7, 11) is 1.67. The molecule has 1 aromatic heterocycles. The van der Waals surface area contributed by atoms with E-state index in [0.717, 1.165) is 24.4 Å². The first-order valence-corrected chi connectivity index (χ1v) is 6.18. The molecule has 0 atom stereocenters. The normalized spacial score (nSPS) is 14.3. The molecule has 0 saturated carbocycles. The number of hydrogen-bond donors (Lipinski definition) is 1. The van der Waals surface area contributed by atoms with Gasteiger partial charge in [0.05, 0.1) is 7.11 Å². The summed E-state index contributed by atoms with van der Waals surface area (Å²) in [6.45, 7) is 0. The number of ether oxygens (including phenoxy) is 1. The van der Waals surface area contributed by atoms with Gasteiger partial charge in [0.2, 0.25) is 0 Å². The number of hydrogen-bond acceptors (Lipinski definition) is 3. The molecule has 1 aromatic carbocycles. The molecule has 0 bridgehead atoms. The van der Waals surface area contributed by atoms with Crippen molar-refractivity contribution < 1.29 is 4.74 Å². The fourth-order valence-corrected chi connectivity index (χ4v) is 2.49. The summed E-state index contributed by atoms with van der Waals surface area (Å²) < 4.78 is 5.20. The van der Waals surface area contributed by atoms with Crippen molar-refractivity contribution in [3.05, 3.63) is 53.7 Å². The molecule has 3 heteroatoms. The van der Waals surface area contributed by atoms with E-state index in [1.54, 1.807) is 13.3 Å². The van der Waals surface area contributed by atoms with E-state index in [9.17, 15) is 0 Å². The molecular formula is C15H16N2O. The van der Waals surface area contributed by atoms with Crippen LogP contribution in [0.5, 0.6) is 5.75 Å². The van der Waals surface area contributed by atoms with Gasteiger partial charge in [0.25, 0.3) is 0 Å². The van der Waals surface area contributed by atoms with Crippen LogP contribution in [0.1, 0.15) is 11.1 Å². The monoisotopic (exact) mass is 240 g/mol. The number of benzene rings is 1. The van der Waals surface area contributed by atoms with E-state index in [-0.39, 0.29) is 0 Å². The van der Waals surface area contributed by atoms with Crippen LogP contribution in [0.25, 0.3) is 0 Å². The summed E-state index contributed by atoms with van der Waals surface area (Å²) in [4.78, 5) is 4.32. The van der Waals surface area contributed by atoms with Gasteiger partial charge in [0, 0.05) is 18.3 Å². The zero-order chi connectivity index (χ0) is 12.4. The van der Waals surface area contributed by atoms with Crippen molar-refractivity contribution in [3.63, 3.8) is 0 Å². The van der Waals surface area contributed by atoms with Crippen LogP contribution >= 0.6 is 0 Å². The van der Waals surface area contributed by atoms with E-state index in [4.69, 9.17) is 4.74 Å². The molecule has 1 heterocycles. The molecule has 0 saturated heterocycles.